The summed E-state index contributed by atoms with van der Waals surface area (Å²) in [7, 11) is 1.53. The normalized spacial score (nSPS) is 13.6. The number of halogens is 2. The lowest BCUT2D eigenvalue weighted by molar-refractivity contribution is -0.104. The number of nitrogens with zero attached hydrogens (tertiary/aromatic N) is 3. The van der Waals surface area contributed by atoms with Crippen molar-refractivity contribution in [3.8, 4) is 0 Å². The Hall–Kier alpha value is -1.79. The number of H-pyrrole nitrogens is 1. The van der Waals surface area contributed by atoms with Gasteiger partial charge in [0, 0.05) is 7.05 Å². The van der Waals surface area contributed by atoms with E-state index in [1.807, 2.05) is 0 Å². The van der Waals surface area contributed by atoms with Crippen LogP contribution in [0.5, 0.6) is 0 Å². The summed E-state index contributed by atoms with van der Waals surface area (Å²) in [6.07, 6.45) is -0.400. The van der Waals surface area contributed by atoms with Crippen LogP contribution >= 0.6 is 0 Å². The highest BCUT2D eigenvalue weighted by atomic mass is 19.3. The van der Waals surface area contributed by atoms with Crippen molar-refractivity contribution >= 4 is 12.0 Å². The zero-order chi connectivity index (χ0) is 12.1. The van der Waals surface area contributed by atoms with E-state index in [-0.39, 0.29) is 12.4 Å². The minimum Gasteiger partial charge on any atom is -0.298 e. The van der Waals surface area contributed by atoms with Crippen LogP contribution in [-0.4, -0.2) is 34.0 Å². The SMILES string of the molecule is CN=C(/C=C(\C)C=O)Cn1[nH]nc1C(F)F. The molecule has 0 unspecified atom stereocenters. The van der Waals surface area contributed by atoms with Gasteiger partial charge in [-0.05, 0) is 18.6 Å². The van der Waals surface area contributed by atoms with E-state index in [0.29, 0.717) is 17.6 Å². The largest absolute Gasteiger partial charge is 0.298 e. The van der Waals surface area contributed by atoms with Crippen LogP contribution in [0.3, 0.4) is 0 Å². The van der Waals surface area contributed by atoms with E-state index in [1.54, 1.807) is 6.92 Å². The Bertz CT molecular complexity index is 417. The number of rotatable bonds is 5. The topological polar surface area (TPSA) is 63.0 Å². The molecule has 5 nitrogen and oxygen atoms in total. The van der Waals surface area contributed by atoms with Crippen molar-refractivity contribution < 1.29 is 13.6 Å². The molecule has 0 amide bonds. The molecule has 88 valence electrons. The third-order valence-corrected chi connectivity index (χ3v) is 1.94. The van der Waals surface area contributed by atoms with E-state index in [2.05, 4.69) is 15.3 Å². The third-order valence-electron chi connectivity index (χ3n) is 1.94. The first-order chi connectivity index (χ1) is 7.58. The number of hydrogen-bond acceptors (Lipinski definition) is 3. The summed E-state index contributed by atoms with van der Waals surface area (Å²) in [5.74, 6) is -0.321. The number of carbonyl (C=O) groups is 1. The van der Waals surface area contributed by atoms with E-state index in [0.717, 1.165) is 0 Å². The fourth-order valence-corrected chi connectivity index (χ4v) is 1.10. The van der Waals surface area contributed by atoms with Crippen molar-refractivity contribution in [3.63, 3.8) is 0 Å². The first-order valence-corrected chi connectivity index (χ1v) is 4.56. The first kappa shape index (κ1) is 12.3. The van der Waals surface area contributed by atoms with E-state index in [1.165, 1.54) is 17.8 Å². The number of aldehydes is 1. The number of hydrogen-bond donors (Lipinski definition) is 1. The summed E-state index contributed by atoms with van der Waals surface area (Å²) in [4.78, 5) is 14.3. The Balaban J connectivity index is 2.74. The molecule has 1 rings (SSSR count). The maximum atomic E-state index is 12.3. The fourth-order valence-electron chi connectivity index (χ4n) is 1.10. The van der Waals surface area contributed by atoms with Crippen LogP contribution in [0.15, 0.2) is 16.6 Å². The van der Waals surface area contributed by atoms with Crippen molar-refractivity contribution in [1.29, 1.82) is 0 Å². The summed E-state index contributed by atoms with van der Waals surface area (Å²) >= 11 is 0. The van der Waals surface area contributed by atoms with E-state index in [4.69, 9.17) is 0 Å². The average molecular weight is 230 g/mol. The average Bonchev–Trinajstić information content (AvgIpc) is 2.20. The van der Waals surface area contributed by atoms with Gasteiger partial charge in [0.2, 0.25) is 5.82 Å². The van der Waals surface area contributed by atoms with Gasteiger partial charge in [-0.2, -0.15) is 0 Å². The van der Waals surface area contributed by atoms with Gasteiger partial charge < -0.3 is 0 Å². The Kier molecular flexibility index (Phi) is 4.10. The molecule has 0 aliphatic rings. The highest BCUT2D eigenvalue weighted by molar-refractivity contribution is 5.98. The molecule has 0 aliphatic carbocycles. The molecule has 0 atom stereocenters. The summed E-state index contributed by atoms with van der Waals surface area (Å²) in [6.45, 7) is 1.76. The molecule has 0 saturated heterocycles. The van der Waals surface area contributed by atoms with Gasteiger partial charge in [0.15, 0.2) is 0 Å². The molecule has 0 spiro atoms. The number of aromatic nitrogens is 3. The van der Waals surface area contributed by atoms with Crippen LogP contribution in [0.4, 0.5) is 8.78 Å². The van der Waals surface area contributed by atoms with Gasteiger partial charge in [0.25, 0.3) is 6.43 Å². The van der Waals surface area contributed by atoms with E-state index >= 15 is 0 Å². The second kappa shape index (κ2) is 5.34. The number of aromatic amines is 1. The highest BCUT2D eigenvalue weighted by Gasteiger charge is 2.17. The van der Waals surface area contributed by atoms with Gasteiger partial charge in [-0.25, -0.2) is 18.7 Å². The molecule has 0 fully saturated rings. The lowest BCUT2D eigenvalue weighted by atomic mass is 10.2. The van der Waals surface area contributed by atoms with Crippen molar-refractivity contribution in [2.75, 3.05) is 7.05 Å². The van der Waals surface area contributed by atoms with Crippen molar-refractivity contribution in [3.05, 3.63) is 17.5 Å². The highest BCUT2D eigenvalue weighted by Crippen LogP contribution is 2.15. The zero-order valence-corrected chi connectivity index (χ0v) is 8.94. The maximum Gasteiger partial charge on any atom is 0.298 e. The predicted molar refractivity (Wildman–Crippen MR) is 54.7 cm³/mol. The van der Waals surface area contributed by atoms with Crippen molar-refractivity contribution in [1.82, 2.24) is 15.0 Å². The lowest BCUT2D eigenvalue weighted by Crippen LogP contribution is -2.24. The quantitative estimate of drug-likeness (QED) is 0.471. The molecular weight excluding hydrogens is 218 g/mol. The molecule has 0 aromatic carbocycles. The van der Waals surface area contributed by atoms with Crippen LogP contribution in [0.1, 0.15) is 19.2 Å². The molecule has 1 heterocycles. The fraction of sp³-hybridized carbons (Fsp3) is 0.444. The zero-order valence-electron chi connectivity index (χ0n) is 8.94. The number of carbonyl (C=O) groups excluding carboxylic acids is 1. The molecule has 0 aliphatic heterocycles. The summed E-state index contributed by atoms with van der Waals surface area (Å²) < 4.78 is 25.8. The molecular formula is C9H12F2N4O. The Morgan fingerprint density at radius 1 is 1.69 bits per heavy atom. The smallest absolute Gasteiger partial charge is 0.298 e. The van der Waals surface area contributed by atoms with E-state index in [9.17, 15) is 13.6 Å². The van der Waals surface area contributed by atoms with Crippen LogP contribution in [-0.2, 0) is 11.3 Å². The number of allylic oxidation sites excluding steroid dienone is 2. The Morgan fingerprint density at radius 2 is 2.38 bits per heavy atom. The van der Waals surface area contributed by atoms with E-state index < -0.39 is 6.43 Å². The van der Waals surface area contributed by atoms with Gasteiger partial charge in [0.05, 0.1) is 12.3 Å². The van der Waals surface area contributed by atoms with Crippen LogP contribution in [0, 0.1) is 0 Å². The molecule has 7 heteroatoms. The molecule has 0 radical (unpaired) electrons. The van der Waals surface area contributed by atoms with Crippen LogP contribution in [0.25, 0.3) is 0 Å². The van der Waals surface area contributed by atoms with Crippen LogP contribution in [0.2, 0.25) is 0 Å². The van der Waals surface area contributed by atoms with Gasteiger partial charge in [-0.15, -0.1) is 5.10 Å². The standard InChI is InChI=1S/C9H12F2N4O/c1-6(5-16)3-7(12-2)4-15-9(8(10)11)13-14-15/h3,5,8,14H,4H2,1-2H3/b6-3+,12-7?. The van der Waals surface area contributed by atoms with Gasteiger partial charge in [-0.1, -0.05) is 0 Å². The lowest BCUT2D eigenvalue weighted by Gasteiger charge is -2.14. The minimum atomic E-state index is -2.62. The number of nitrogens with one attached hydrogen (secondary N) is 1. The molecule has 0 bridgehead atoms. The second-order valence-electron chi connectivity index (χ2n) is 3.18. The molecule has 1 N–H and O–H groups in total. The van der Waals surface area contributed by atoms with Crippen LogP contribution < -0.4 is 0 Å². The van der Waals surface area contributed by atoms with Crippen molar-refractivity contribution in [2.24, 2.45) is 4.99 Å². The van der Waals surface area contributed by atoms with Gasteiger partial charge in [-0.3, -0.25) is 9.79 Å². The molecule has 1 aromatic rings. The minimum absolute atomic E-state index is 0.144. The molecule has 0 saturated carbocycles. The number of alkyl halides is 2. The predicted octanol–water partition coefficient (Wildman–Crippen LogP) is 1.36. The summed E-state index contributed by atoms with van der Waals surface area (Å²) in [5, 5.41) is 5.71. The molecule has 1 aromatic heterocycles. The summed E-state index contributed by atoms with van der Waals surface area (Å²) in [5.41, 5.74) is 1.00. The monoisotopic (exact) mass is 230 g/mol. The van der Waals surface area contributed by atoms with Gasteiger partial charge in [0.1, 0.15) is 6.29 Å². The molecule has 16 heavy (non-hydrogen) atoms. The van der Waals surface area contributed by atoms with Crippen molar-refractivity contribution in [2.45, 2.75) is 19.9 Å². The Labute approximate surface area is 90.8 Å². The summed E-state index contributed by atoms with van der Waals surface area (Å²) in [6, 6.07) is 0. The number of aliphatic imine (C=N–C) groups is 1. The first-order valence-electron chi connectivity index (χ1n) is 4.56. The maximum absolute atomic E-state index is 12.3. The third kappa shape index (κ3) is 2.85. The van der Waals surface area contributed by atoms with Gasteiger partial charge >= 0.3 is 0 Å². The Morgan fingerprint density at radius 3 is 2.75 bits per heavy atom. The second-order valence-corrected chi connectivity index (χ2v) is 3.18.